The van der Waals surface area contributed by atoms with E-state index in [0.29, 0.717) is 0 Å². The maximum atomic E-state index is 9.38. The molecule has 78 valence electrons. The van der Waals surface area contributed by atoms with E-state index >= 15 is 0 Å². The first-order chi connectivity index (χ1) is 5.99. The van der Waals surface area contributed by atoms with Crippen LogP contribution in [0.2, 0.25) is 0 Å². The van der Waals surface area contributed by atoms with Crippen molar-refractivity contribution < 1.29 is 25.5 Å². The molecule has 0 radical (unpaired) electrons. The molecule has 0 aliphatic heterocycles. The largest absolute Gasteiger partial charge is 0.396 e. The van der Waals surface area contributed by atoms with Crippen LogP contribution < -0.4 is 5.73 Å². The minimum absolute atomic E-state index is 0.494. The molecule has 0 amide bonds. The minimum atomic E-state index is -1.53. The van der Waals surface area contributed by atoms with Gasteiger partial charge >= 0.3 is 0 Å². The Morgan fingerprint density at radius 2 is 1.62 bits per heavy atom. The third-order valence-corrected chi connectivity index (χ3v) is 2.80. The van der Waals surface area contributed by atoms with Crippen molar-refractivity contribution in [1.82, 2.24) is 0 Å². The summed E-state index contributed by atoms with van der Waals surface area (Å²) in [5, 5.41) is 45.7. The highest BCUT2D eigenvalue weighted by atomic mass is 16.4. The van der Waals surface area contributed by atoms with Gasteiger partial charge in [0.05, 0.1) is 24.9 Å². The van der Waals surface area contributed by atoms with Crippen LogP contribution >= 0.6 is 0 Å². The van der Waals surface area contributed by atoms with Crippen LogP contribution in [0.15, 0.2) is 0 Å². The molecule has 0 aromatic carbocycles. The van der Waals surface area contributed by atoms with Crippen molar-refractivity contribution in [2.75, 3.05) is 13.2 Å². The summed E-state index contributed by atoms with van der Waals surface area (Å²) in [5.74, 6) is -0.914. The van der Waals surface area contributed by atoms with E-state index in [2.05, 4.69) is 0 Å². The summed E-state index contributed by atoms with van der Waals surface area (Å²) in [4.78, 5) is 0. The lowest BCUT2D eigenvalue weighted by atomic mass is 9.87. The number of aliphatic hydroxyl groups excluding tert-OH is 5. The maximum absolute atomic E-state index is 9.38. The second kappa shape index (κ2) is 3.49. The highest BCUT2D eigenvalue weighted by molar-refractivity contribution is 5.11. The third kappa shape index (κ3) is 1.35. The molecule has 1 aliphatic rings. The normalized spacial score (nSPS) is 51.2. The number of aliphatic hydroxyl groups is 5. The van der Waals surface area contributed by atoms with Crippen LogP contribution in [-0.4, -0.2) is 62.6 Å². The average Bonchev–Trinajstić information content (AvgIpc) is 2.29. The van der Waals surface area contributed by atoms with E-state index in [0.717, 1.165) is 0 Å². The van der Waals surface area contributed by atoms with Crippen molar-refractivity contribution in [3.05, 3.63) is 0 Å². The Balaban J connectivity index is 2.93. The predicted molar refractivity (Wildman–Crippen MR) is 42.6 cm³/mol. The Hall–Kier alpha value is -0.240. The first-order valence-corrected chi connectivity index (χ1v) is 4.03. The van der Waals surface area contributed by atoms with Crippen LogP contribution in [0.25, 0.3) is 0 Å². The molecular weight excluding hydrogens is 178 g/mol. The Morgan fingerprint density at radius 1 is 1.08 bits per heavy atom. The van der Waals surface area contributed by atoms with Gasteiger partial charge in [-0.15, -0.1) is 0 Å². The first kappa shape index (κ1) is 10.8. The molecule has 6 heteroatoms. The Morgan fingerprint density at radius 3 is 1.92 bits per heavy atom. The van der Waals surface area contributed by atoms with Crippen molar-refractivity contribution >= 4 is 0 Å². The van der Waals surface area contributed by atoms with Gasteiger partial charge in [-0.3, -0.25) is 0 Å². The van der Waals surface area contributed by atoms with Crippen LogP contribution in [0.5, 0.6) is 0 Å². The van der Waals surface area contributed by atoms with E-state index in [4.69, 9.17) is 15.9 Å². The molecule has 0 saturated heterocycles. The van der Waals surface area contributed by atoms with Crippen LogP contribution in [0.4, 0.5) is 0 Å². The van der Waals surface area contributed by atoms with Crippen LogP contribution in [0, 0.1) is 5.92 Å². The number of nitrogens with two attached hydrogens (primary N) is 1. The predicted octanol–water partition coefficient (Wildman–Crippen LogP) is -3.62. The average molecular weight is 193 g/mol. The topological polar surface area (TPSA) is 127 Å². The van der Waals surface area contributed by atoms with Gasteiger partial charge in [0.2, 0.25) is 0 Å². The molecule has 6 nitrogen and oxygen atoms in total. The van der Waals surface area contributed by atoms with Gasteiger partial charge in [0.1, 0.15) is 12.2 Å². The minimum Gasteiger partial charge on any atom is -0.396 e. The van der Waals surface area contributed by atoms with E-state index in [1.807, 2.05) is 0 Å². The lowest BCUT2D eigenvalue weighted by Gasteiger charge is -2.31. The van der Waals surface area contributed by atoms with Crippen molar-refractivity contribution in [3.8, 4) is 0 Å². The molecule has 0 unspecified atom stereocenters. The Labute approximate surface area is 75.2 Å². The van der Waals surface area contributed by atoms with Gasteiger partial charge in [0, 0.05) is 5.92 Å². The molecule has 7 N–H and O–H groups in total. The molecule has 0 heterocycles. The zero-order chi connectivity index (χ0) is 10.2. The van der Waals surface area contributed by atoms with Crippen LogP contribution in [0.1, 0.15) is 0 Å². The van der Waals surface area contributed by atoms with Crippen molar-refractivity contribution in [3.63, 3.8) is 0 Å². The number of hydrogen-bond acceptors (Lipinski definition) is 6. The lowest BCUT2D eigenvalue weighted by molar-refractivity contribution is -0.0365. The summed E-state index contributed by atoms with van der Waals surface area (Å²) in [6.45, 7) is -1.10. The molecule has 0 aromatic heterocycles. The molecule has 13 heavy (non-hydrogen) atoms. The fraction of sp³-hybridized carbons (Fsp3) is 1.00. The van der Waals surface area contributed by atoms with Gasteiger partial charge in [-0.25, -0.2) is 0 Å². The van der Waals surface area contributed by atoms with Crippen LogP contribution in [0.3, 0.4) is 0 Å². The molecule has 1 fully saturated rings. The molecule has 1 aliphatic carbocycles. The SMILES string of the molecule is N[C@@]1(CO)[C@H](O)[C@H](O)[C@@H](O)[C@H]1CO. The fourth-order valence-corrected chi connectivity index (χ4v) is 1.77. The van der Waals surface area contributed by atoms with Gasteiger partial charge < -0.3 is 31.3 Å². The van der Waals surface area contributed by atoms with Gasteiger partial charge in [-0.1, -0.05) is 0 Å². The summed E-state index contributed by atoms with van der Waals surface area (Å²) < 4.78 is 0. The maximum Gasteiger partial charge on any atom is 0.108 e. The summed E-state index contributed by atoms with van der Waals surface area (Å²) in [5.41, 5.74) is 4.02. The Bertz CT molecular complexity index is 190. The van der Waals surface area contributed by atoms with Gasteiger partial charge in [-0.2, -0.15) is 0 Å². The van der Waals surface area contributed by atoms with E-state index in [1.165, 1.54) is 0 Å². The molecule has 0 bridgehead atoms. The van der Waals surface area contributed by atoms with E-state index in [9.17, 15) is 15.3 Å². The van der Waals surface area contributed by atoms with Crippen molar-refractivity contribution in [1.29, 1.82) is 0 Å². The Kier molecular flexibility index (Phi) is 2.91. The third-order valence-electron chi connectivity index (χ3n) is 2.80. The van der Waals surface area contributed by atoms with E-state index in [-0.39, 0.29) is 0 Å². The summed E-state index contributed by atoms with van der Waals surface area (Å²) >= 11 is 0. The smallest absolute Gasteiger partial charge is 0.108 e. The summed E-state index contributed by atoms with van der Waals surface area (Å²) in [6.07, 6.45) is -4.16. The summed E-state index contributed by atoms with van der Waals surface area (Å²) in [7, 11) is 0. The molecule has 0 aromatic rings. The number of hydrogen-bond donors (Lipinski definition) is 6. The first-order valence-electron chi connectivity index (χ1n) is 4.03. The zero-order valence-electron chi connectivity index (χ0n) is 7.04. The van der Waals surface area contributed by atoms with E-state index < -0.39 is 43.0 Å². The second-order valence-electron chi connectivity index (χ2n) is 3.49. The number of rotatable bonds is 2. The van der Waals surface area contributed by atoms with Gasteiger partial charge in [-0.05, 0) is 0 Å². The van der Waals surface area contributed by atoms with E-state index in [1.54, 1.807) is 0 Å². The molecule has 1 saturated carbocycles. The standard InChI is InChI=1S/C7H15NO5/c8-7(2-10)3(1-9)4(11)5(12)6(7)13/h3-6,9-13H,1-2,8H2/t3-,4+,5-,6-,7-/m1/s1. The molecule has 5 atom stereocenters. The summed E-state index contributed by atoms with van der Waals surface area (Å²) in [6, 6.07) is 0. The highest BCUT2D eigenvalue weighted by Crippen LogP contribution is 2.34. The lowest BCUT2D eigenvalue weighted by Crippen LogP contribution is -2.57. The molecule has 0 spiro atoms. The highest BCUT2D eigenvalue weighted by Gasteiger charge is 2.56. The van der Waals surface area contributed by atoms with Crippen molar-refractivity contribution in [2.24, 2.45) is 11.7 Å². The molecular formula is C7H15NO5. The van der Waals surface area contributed by atoms with Crippen LogP contribution in [-0.2, 0) is 0 Å². The fourth-order valence-electron chi connectivity index (χ4n) is 1.77. The quantitative estimate of drug-likeness (QED) is 0.269. The van der Waals surface area contributed by atoms with Crippen molar-refractivity contribution in [2.45, 2.75) is 23.9 Å². The van der Waals surface area contributed by atoms with Gasteiger partial charge in [0.25, 0.3) is 0 Å². The molecule has 1 rings (SSSR count). The monoisotopic (exact) mass is 193 g/mol. The van der Waals surface area contributed by atoms with Gasteiger partial charge in [0.15, 0.2) is 0 Å². The zero-order valence-corrected chi connectivity index (χ0v) is 7.04. The second-order valence-corrected chi connectivity index (χ2v) is 3.49.